The topological polar surface area (TPSA) is 71.4 Å². The van der Waals surface area contributed by atoms with Gasteiger partial charge >= 0.3 is 6.03 Å². The van der Waals surface area contributed by atoms with Crippen molar-refractivity contribution in [3.8, 4) is 0 Å². The molecular formula is C16H29N5O2. The van der Waals surface area contributed by atoms with E-state index < -0.39 is 0 Å². The summed E-state index contributed by atoms with van der Waals surface area (Å²) in [6.45, 7) is 11.3. The zero-order chi connectivity index (χ0) is 16.7. The van der Waals surface area contributed by atoms with Crippen LogP contribution >= 0.6 is 0 Å². The highest BCUT2D eigenvalue weighted by Crippen LogP contribution is 2.07. The molecule has 0 bridgehead atoms. The van der Waals surface area contributed by atoms with Crippen LogP contribution in [0.15, 0.2) is 18.5 Å². The number of ether oxygens (including phenoxy) is 1. The molecule has 1 aliphatic rings. The van der Waals surface area contributed by atoms with Gasteiger partial charge in [0.1, 0.15) is 0 Å². The van der Waals surface area contributed by atoms with Gasteiger partial charge in [-0.2, -0.15) is 5.10 Å². The Morgan fingerprint density at radius 3 is 2.91 bits per heavy atom. The van der Waals surface area contributed by atoms with Crippen molar-refractivity contribution in [2.45, 2.75) is 39.5 Å². The van der Waals surface area contributed by atoms with Crippen LogP contribution in [0.5, 0.6) is 0 Å². The molecule has 0 unspecified atom stereocenters. The molecule has 0 radical (unpaired) electrons. The van der Waals surface area contributed by atoms with Gasteiger partial charge in [-0.25, -0.2) is 4.79 Å². The van der Waals surface area contributed by atoms with E-state index in [4.69, 9.17) is 4.74 Å². The first kappa shape index (κ1) is 17.7. The molecular weight excluding hydrogens is 294 g/mol. The quantitative estimate of drug-likeness (QED) is 0.783. The highest BCUT2D eigenvalue weighted by atomic mass is 16.5. The van der Waals surface area contributed by atoms with Gasteiger partial charge in [-0.1, -0.05) is 13.8 Å². The Morgan fingerprint density at radius 2 is 2.22 bits per heavy atom. The number of carbonyl (C=O) groups is 1. The average molecular weight is 323 g/mol. The van der Waals surface area contributed by atoms with Gasteiger partial charge in [0.25, 0.3) is 0 Å². The number of amides is 2. The maximum atomic E-state index is 12.0. The number of morpholine rings is 1. The Kier molecular flexibility index (Phi) is 6.85. The lowest BCUT2D eigenvalue weighted by molar-refractivity contribution is -0.0290. The minimum atomic E-state index is -0.158. The van der Waals surface area contributed by atoms with Crippen LogP contribution in [-0.4, -0.2) is 65.6 Å². The van der Waals surface area contributed by atoms with Crippen LogP contribution in [0.25, 0.3) is 0 Å². The summed E-state index contributed by atoms with van der Waals surface area (Å²) in [5.41, 5.74) is 0. The number of nitrogens with one attached hydrogen (secondary N) is 2. The molecule has 2 rings (SSSR count). The van der Waals surface area contributed by atoms with E-state index in [2.05, 4.69) is 34.5 Å². The monoisotopic (exact) mass is 323 g/mol. The molecule has 0 aliphatic carbocycles. The predicted octanol–water partition coefficient (Wildman–Crippen LogP) is 0.928. The fourth-order valence-corrected chi connectivity index (χ4v) is 2.80. The Labute approximate surface area is 138 Å². The van der Waals surface area contributed by atoms with E-state index >= 15 is 0 Å². The van der Waals surface area contributed by atoms with Gasteiger partial charge in [-0.05, 0) is 18.9 Å². The highest BCUT2D eigenvalue weighted by Gasteiger charge is 2.21. The largest absolute Gasteiger partial charge is 0.374 e. The molecule has 2 atom stereocenters. The SMILES string of the molecule is CC(C)CN1CCO[C@@H](CNC(=O)N[C@H](C)Cn2cccn2)C1. The number of aromatic nitrogens is 2. The molecule has 1 fully saturated rings. The fourth-order valence-electron chi connectivity index (χ4n) is 2.80. The van der Waals surface area contributed by atoms with Gasteiger partial charge in [-0.15, -0.1) is 0 Å². The maximum Gasteiger partial charge on any atom is 0.315 e. The second kappa shape index (κ2) is 8.88. The first-order valence-electron chi connectivity index (χ1n) is 8.38. The molecule has 7 heteroatoms. The van der Waals surface area contributed by atoms with Gasteiger partial charge in [0.2, 0.25) is 0 Å². The van der Waals surface area contributed by atoms with Gasteiger partial charge < -0.3 is 15.4 Å². The van der Waals surface area contributed by atoms with Gasteiger partial charge in [0, 0.05) is 44.6 Å². The lowest BCUT2D eigenvalue weighted by Gasteiger charge is -2.34. The number of nitrogens with zero attached hydrogens (tertiary/aromatic N) is 3. The summed E-state index contributed by atoms with van der Waals surface area (Å²) in [7, 11) is 0. The third kappa shape index (κ3) is 6.58. The van der Waals surface area contributed by atoms with E-state index in [1.807, 2.05) is 19.2 Å². The summed E-state index contributed by atoms with van der Waals surface area (Å²) in [6.07, 6.45) is 3.68. The van der Waals surface area contributed by atoms with Crippen molar-refractivity contribution >= 4 is 6.03 Å². The van der Waals surface area contributed by atoms with Gasteiger partial charge in [0.05, 0.1) is 19.3 Å². The predicted molar refractivity (Wildman–Crippen MR) is 89.2 cm³/mol. The molecule has 2 N–H and O–H groups in total. The molecule has 1 aromatic rings. The fraction of sp³-hybridized carbons (Fsp3) is 0.750. The summed E-state index contributed by atoms with van der Waals surface area (Å²) >= 11 is 0. The average Bonchev–Trinajstić information content (AvgIpc) is 2.97. The van der Waals surface area contributed by atoms with Crippen LogP contribution in [-0.2, 0) is 11.3 Å². The number of hydrogen-bond acceptors (Lipinski definition) is 4. The molecule has 0 aromatic carbocycles. The Hall–Kier alpha value is -1.60. The number of urea groups is 1. The van der Waals surface area contributed by atoms with E-state index in [0.717, 1.165) is 26.2 Å². The molecule has 2 amide bonds. The first-order valence-corrected chi connectivity index (χ1v) is 8.38. The van der Waals surface area contributed by atoms with Crippen molar-refractivity contribution in [2.24, 2.45) is 5.92 Å². The zero-order valence-electron chi connectivity index (χ0n) is 14.4. The van der Waals surface area contributed by atoms with E-state index in [1.165, 1.54) is 0 Å². The zero-order valence-corrected chi connectivity index (χ0v) is 14.4. The van der Waals surface area contributed by atoms with E-state index in [1.54, 1.807) is 10.9 Å². The molecule has 7 nitrogen and oxygen atoms in total. The lowest BCUT2D eigenvalue weighted by atomic mass is 10.2. The number of carbonyl (C=O) groups excluding carboxylic acids is 1. The van der Waals surface area contributed by atoms with Crippen molar-refractivity contribution in [1.82, 2.24) is 25.3 Å². The van der Waals surface area contributed by atoms with Gasteiger partial charge in [-0.3, -0.25) is 9.58 Å². The summed E-state index contributed by atoms with van der Waals surface area (Å²) in [6, 6.07) is 1.73. The summed E-state index contributed by atoms with van der Waals surface area (Å²) in [4.78, 5) is 14.4. The maximum absolute atomic E-state index is 12.0. The second-order valence-electron chi connectivity index (χ2n) is 6.63. The van der Waals surface area contributed by atoms with Crippen molar-refractivity contribution < 1.29 is 9.53 Å². The minimum Gasteiger partial charge on any atom is -0.374 e. The van der Waals surface area contributed by atoms with Crippen molar-refractivity contribution in [3.05, 3.63) is 18.5 Å². The third-order valence-corrected chi connectivity index (χ3v) is 3.73. The Balaban J connectivity index is 1.65. The van der Waals surface area contributed by atoms with E-state index in [0.29, 0.717) is 19.0 Å². The van der Waals surface area contributed by atoms with Crippen LogP contribution in [0.2, 0.25) is 0 Å². The van der Waals surface area contributed by atoms with E-state index in [9.17, 15) is 4.79 Å². The molecule has 0 spiro atoms. The normalized spacial score (nSPS) is 20.4. The number of rotatable bonds is 7. The van der Waals surface area contributed by atoms with Crippen LogP contribution in [0.3, 0.4) is 0 Å². The summed E-state index contributed by atoms with van der Waals surface area (Å²) in [5.74, 6) is 0.646. The van der Waals surface area contributed by atoms with Crippen LogP contribution in [0.4, 0.5) is 4.79 Å². The number of hydrogen-bond donors (Lipinski definition) is 2. The Morgan fingerprint density at radius 1 is 1.39 bits per heavy atom. The van der Waals surface area contributed by atoms with Crippen LogP contribution < -0.4 is 10.6 Å². The lowest BCUT2D eigenvalue weighted by Crippen LogP contribution is -2.50. The second-order valence-corrected chi connectivity index (χ2v) is 6.63. The van der Waals surface area contributed by atoms with Crippen LogP contribution in [0, 0.1) is 5.92 Å². The summed E-state index contributed by atoms with van der Waals surface area (Å²) in [5, 5.41) is 9.96. The minimum absolute atomic E-state index is 0.0135. The van der Waals surface area contributed by atoms with Crippen molar-refractivity contribution in [1.29, 1.82) is 0 Å². The Bertz CT molecular complexity index is 463. The molecule has 1 aliphatic heterocycles. The molecule has 1 saturated heterocycles. The van der Waals surface area contributed by atoms with Crippen molar-refractivity contribution in [3.63, 3.8) is 0 Å². The summed E-state index contributed by atoms with van der Waals surface area (Å²) < 4.78 is 7.54. The molecule has 0 saturated carbocycles. The smallest absolute Gasteiger partial charge is 0.315 e. The molecule has 2 heterocycles. The van der Waals surface area contributed by atoms with Gasteiger partial charge in [0.15, 0.2) is 0 Å². The third-order valence-electron chi connectivity index (χ3n) is 3.73. The molecule has 1 aromatic heterocycles. The highest BCUT2D eigenvalue weighted by molar-refractivity contribution is 5.74. The van der Waals surface area contributed by atoms with E-state index in [-0.39, 0.29) is 18.2 Å². The van der Waals surface area contributed by atoms with Crippen LogP contribution in [0.1, 0.15) is 20.8 Å². The van der Waals surface area contributed by atoms with Crippen molar-refractivity contribution in [2.75, 3.05) is 32.8 Å². The first-order chi connectivity index (χ1) is 11.0. The standard InChI is InChI=1S/C16H29N5O2/c1-13(2)10-20-7-8-23-15(12-20)9-17-16(22)19-14(3)11-21-6-4-5-18-21/h4-6,13-15H,7-12H2,1-3H3,(H2,17,19,22)/t14-,15+/m1/s1. The molecule has 130 valence electrons. The molecule has 23 heavy (non-hydrogen) atoms.